The van der Waals surface area contributed by atoms with E-state index < -0.39 is 16.1 Å². The van der Waals surface area contributed by atoms with Gasteiger partial charge in [-0.05, 0) is 30.5 Å². The first-order valence-electron chi connectivity index (χ1n) is 7.85. The van der Waals surface area contributed by atoms with Crippen molar-refractivity contribution in [3.63, 3.8) is 0 Å². The van der Waals surface area contributed by atoms with Crippen LogP contribution in [0.1, 0.15) is 51.2 Å². The highest BCUT2D eigenvalue weighted by atomic mass is 32.2. The highest BCUT2D eigenvalue weighted by Gasteiger charge is 2.11. The maximum absolute atomic E-state index is 11.1. The van der Waals surface area contributed by atoms with Crippen LogP contribution in [0.2, 0.25) is 0 Å². The van der Waals surface area contributed by atoms with E-state index >= 15 is 0 Å². The first-order chi connectivity index (χ1) is 10.4. The summed E-state index contributed by atoms with van der Waals surface area (Å²) in [5.41, 5.74) is 1.28. The molecule has 2 atom stereocenters. The Hall–Kier alpha value is -1.11. The van der Waals surface area contributed by atoms with Crippen molar-refractivity contribution >= 4 is 15.7 Å². The maximum Gasteiger partial charge on any atom is 0.229 e. The molecule has 0 fully saturated rings. The van der Waals surface area contributed by atoms with Crippen LogP contribution in [0.25, 0.3) is 0 Å². The standard InChI is InChI=1S/C16H28N2O3S/c1-4-6-7-14(5-2)17-12-16(19)13-8-10-15(11-9-13)18-22(3,20)21/h8-11,14,16-19H,4-7,12H2,1-3H3. The van der Waals surface area contributed by atoms with Gasteiger partial charge in [-0.1, -0.05) is 38.8 Å². The van der Waals surface area contributed by atoms with Gasteiger partial charge in [0.05, 0.1) is 12.4 Å². The summed E-state index contributed by atoms with van der Waals surface area (Å²) in [6.45, 7) is 4.82. The maximum atomic E-state index is 11.1. The normalized spacial score (nSPS) is 14.5. The molecule has 0 aromatic heterocycles. The fraction of sp³-hybridized carbons (Fsp3) is 0.625. The topological polar surface area (TPSA) is 78.4 Å². The van der Waals surface area contributed by atoms with Crippen LogP contribution in [0.15, 0.2) is 24.3 Å². The number of hydrogen-bond donors (Lipinski definition) is 3. The van der Waals surface area contributed by atoms with Crippen molar-refractivity contribution in [3.8, 4) is 0 Å². The lowest BCUT2D eigenvalue weighted by molar-refractivity contribution is 0.168. The SMILES string of the molecule is CCCCC(CC)NCC(O)c1ccc(NS(C)(=O)=O)cc1. The van der Waals surface area contributed by atoms with Gasteiger partial charge in [0.15, 0.2) is 0 Å². The third-order valence-electron chi connectivity index (χ3n) is 3.60. The summed E-state index contributed by atoms with van der Waals surface area (Å²) in [4.78, 5) is 0. The summed E-state index contributed by atoms with van der Waals surface area (Å²) in [6.07, 6.45) is 5.05. The van der Waals surface area contributed by atoms with Gasteiger partial charge in [-0.3, -0.25) is 4.72 Å². The van der Waals surface area contributed by atoms with E-state index in [2.05, 4.69) is 23.9 Å². The van der Waals surface area contributed by atoms with E-state index in [1.807, 2.05) is 0 Å². The molecule has 0 aliphatic carbocycles. The molecule has 1 aromatic carbocycles. The minimum absolute atomic E-state index is 0.431. The lowest BCUT2D eigenvalue weighted by Gasteiger charge is -2.19. The van der Waals surface area contributed by atoms with E-state index in [0.29, 0.717) is 18.3 Å². The van der Waals surface area contributed by atoms with Crippen molar-refractivity contribution in [2.75, 3.05) is 17.5 Å². The Bertz CT molecular complexity index is 529. The van der Waals surface area contributed by atoms with Crippen LogP contribution >= 0.6 is 0 Å². The zero-order valence-corrected chi connectivity index (χ0v) is 14.5. The molecule has 0 radical (unpaired) electrons. The van der Waals surface area contributed by atoms with Gasteiger partial charge in [0.2, 0.25) is 10.0 Å². The number of rotatable bonds is 10. The number of unbranched alkanes of at least 4 members (excludes halogenated alkanes) is 1. The van der Waals surface area contributed by atoms with Crippen LogP contribution in [0.3, 0.4) is 0 Å². The van der Waals surface area contributed by atoms with Gasteiger partial charge in [-0.2, -0.15) is 0 Å². The second-order valence-corrected chi connectivity index (χ2v) is 7.42. The molecule has 0 aliphatic rings. The number of aliphatic hydroxyl groups excluding tert-OH is 1. The molecule has 1 aromatic rings. The Morgan fingerprint density at radius 2 is 1.82 bits per heavy atom. The minimum atomic E-state index is -3.27. The van der Waals surface area contributed by atoms with Gasteiger partial charge in [-0.15, -0.1) is 0 Å². The molecule has 3 N–H and O–H groups in total. The van der Waals surface area contributed by atoms with Gasteiger partial charge in [0.25, 0.3) is 0 Å². The van der Waals surface area contributed by atoms with Gasteiger partial charge >= 0.3 is 0 Å². The van der Waals surface area contributed by atoms with Crippen LogP contribution in [0, 0.1) is 0 Å². The van der Waals surface area contributed by atoms with Crippen molar-refractivity contribution in [2.45, 2.75) is 51.7 Å². The van der Waals surface area contributed by atoms with Crippen molar-refractivity contribution in [3.05, 3.63) is 29.8 Å². The van der Waals surface area contributed by atoms with Gasteiger partial charge in [-0.25, -0.2) is 8.42 Å². The molecule has 0 saturated heterocycles. The van der Waals surface area contributed by atoms with Crippen LogP contribution in [-0.4, -0.2) is 32.4 Å². The molecule has 2 unspecified atom stereocenters. The highest BCUT2D eigenvalue weighted by molar-refractivity contribution is 7.92. The van der Waals surface area contributed by atoms with Crippen molar-refractivity contribution < 1.29 is 13.5 Å². The van der Waals surface area contributed by atoms with Gasteiger partial charge < -0.3 is 10.4 Å². The average Bonchev–Trinajstić information content (AvgIpc) is 2.46. The van der Waals surface area contributed by atoms with E-state index in [4.69, 9.17) is 0 Å². The zero-order valence-electron chi connectivity index (χ0n) is 13.7. The lowest BCUT2D eigenvalue weighted by Crippen LogP contribution is -2.32. The molecular formula is C16H28N2O3S. The summed E-state index contributed by atoms with van der Waals surface area (Å²) in [5, 5.41) is 13.6. The van der Waals surface area contributed by atoms with Crippen LogP contribution in [-0.2, 0) is 10.0 Å². The van der Waals surface area contributed by atoms with Crippen LogP contribution in [0.4, 0.5) is 5.69 Å². The molecule has 22 heavy (non-hydrogen) atoms. The monoisotopic (exact) mass is 328 g/mol. The van der Waals surface area contributed by atoms with E-state index in [1.165, 1.54) is 12.8 Å². The smallest absolute Gasteiger partial charge is 0.229 e. The summed E-state index contributed by atoms with van der Waals surface area (Å²) >= 11 is 0. The summed E-state index contributed by atoms with van der Waals surface area (Å²) in [6, 6.07) is 7.24. The number of aliphatic hydroxyl groups is 1. The van der Waals surface area contributed by atoms with Gasteiger partial charge in [0, 0.05) is 18.3 Å². The summed E-state index contributed by atoms with van der Waals surface area (Å²) in [5.74, 6) is 0. The van der Waals surface area contributed by atoms with E-state index in [1.54, 1.807) is 24.3 Å². The van der Waals surface area contributed by atoms with Crippen LogP contribution in [0.5, 0.6) is 0 Å². The molecule has 6 heteroatoms. The molecule has 0 saturated carbocycles. The molecule has 0 amide bonds. The van der Waals surface area contributed by atoms with E-state index in [9.17, 15) is 13.5 Å². The third-order valence-corrected chi connectivity index (χ3v) is 4.20. The number of nitrogens with one attached hydrogen (secondary N) is 2. The second kappa shape index (κ2) is 9.12. The minimum Gasteiger partial charge on any atom is -0.387 e. The molecule has 0 spiro atoms. The number of benzene rings is 1. The second-order valence-electron chi connectivity index (χ2n) is 5.67. The summed E-state index contributed by atoms with van der Waals surface area (Å²) in [7, 11) is -3.27. The Kier molecular flexibility index (Phi) is 7.85. The number of hydrogen-bond acceptors (Lipinski definition) is 4. The Morgan fingerprint density at radius 3 is 2.32 bits per heavy atom. The quantitative estimate of drug-likeness (QED) is 0.617. The van der Waals surface area contributed by atoms with E-state index in [0.717, 1.165) is 24.7 Å². The molecule has 5 nitrogen and oxygen atoms in total. The van der Waals surface area contributed by atoms with E-state index in [-0.39, 0.29) is 0 Å². The molecule has 0 heterocycles. The summed E-state index contributed by atoms with van der Waals surface area (Å²) < 4.78 is 24.7. The zero-order chi connectivity index (χ0) is 16.6. The Balaban J connectivity index is 2.53. The fourth-order valence-corrected chi connectivity index (χ4v) is 2.85. The predicted molar refractivity (Wildman–Crippen MR) is 91.5 cm³/mol. The third kappa shape index (κ3) is 7.24. The largest absolute Gasteiger partial charge is 0.387 e. The number of anilines is 1. The molecular weight excluding hydrogens is 300 g/mol. The van der Waals surface area contributed by atoms with Crippen molar-refractivity contribution in [2.24, 2.45) is 0 Å². The average molecular weight is 328 g/mol. The molecule has 0 bridgehead atoms. The Labute approximate surface area is 134 Å². The molecule has 0 aliphatic heterocycles. The molecule has 126 valence electrons. The highest BCUT2D eigenvalue weighted by Crippen LogP contribution is 2.17. The molecule has 1 rings (SSSR count). The first-order valence-corrected chi connectivity index (χ1v) is 9.74. The number of sulfonamides is 1. The van der Waals surface area contributed by atoms with Crippen molar-refractivity contribution in [1.29, 1.82) is 0 Å². The Morgan fingerprint density at radius 1 is 1.18 bits per heavy atom. The van der Waals surface area contributed by atoms with Gasteiger partial charge in [0.1, 0.15) is 0 Å². The lowest BCUT2D eigenvalue weighted by atomic mass is 10.1. The fourth-order valence-electron chi connectivity index (χ4n) is 2.28. The van der Waals surface area contributed by atoms with Crippen LogP contribution < -0.4 is 10.0 Å². The first kappa shape index (κ1) is 18.9. The van der Waals surface area contributed by atoms with Crippen molar-refractivity contribution in [1.82, 2.24) is 5.32 Å². The predicted octanol–water partition coefficient (Wildman–Crippen LogP) is 2.65.